The lowest BCUT2D eigenvalue weighted by atomic mass is 10.1. The molecule has 0 aliphatic carbocycles. The van der Waals surface area contributed by atoms with E-state index in [1.54, 1.807) is 26.8 Å². The number of hydrazone groups is 1. The van der Waals surface area contributed by atoms with Gasteiger partial charge < -0.3 is 18.5 Å². The Hall–Kier alpha value is -4.57. The van der Waals surface area contributed by atoms with Gasteiger partial charge in [0.2, 0.25) is 5.75 Å². The molecule has 10 nitrogen and oxygen atoms in total. The molecule has 0 saturated heterocycles. The molecule has 2 heterocycles. The van der Waals surface area contributed by atoms with Crippen LogP contribution in [0.3, 0.4) is 0 Å². The van der Waals surface area contributed by atoms with Gasteiger partial charge in [0.25, 0.3) is 0 Å². The molecule has 0 radical (unpaired) electrons. The molecule has 0 bridgehead atoms. The van der Waals surface area contributed by atoms with Crippen LogP contribution in [-0.4, -0.2) is 27.2 Å². The third-order valence-electron chi connectivity index (χ3n) is 5.66. The molecule has 1 amide bonds. The highest BCUT2D eigenvalue weighted by molar-refractivity contribution is 6.32. The van der Waals surface area contributed by atoms with Gasteiger partial charge in [0.05, 0.1) is 16.2 Å². The van der Waals surface area contributed by atoms with E-state index in [1.165, 1.54) is 24.4 Å². The predicted octanol–water partition coefficient (Wildman–Crippen LogP) is 6.77. The van der Waals surface area contributed by atoms with Crippen LogP contribution < -0.4 is 14.9 Å². The van der Waals surface area contributed by atoms with E-state index in [-0.39, 0.29) is 28.8 Å². The van der Waals surface area contributed by atoms with E-state index in [9.17, 15) is 14.9 Å². The summed E-state index contributed by atoms with van der Waals surface area (Å²) in [6.07, 6.45) is 1.24. The number of halogens is 1. The standard InChI is InChI=1S/C29H29ClN4O6/c1-18-6-7-19(2)33(18)21-8-10-22(11-9-21)38-17-23-12-13-26(39-23)28(35)32-31-16-20-14-24(30)27(40-29(3,4)5)25(15-20)34(36)37/h6-16H,17H2,1-5H3,(H,32,35)/b31-16+. The quantitative estimate of drug-likeness (QED) is 0.136. The van der Waals surface area contributed by atoms with Gasteiger partial charge in [-0.1, -0.05) is 11.6 Å². The second kappa shape index (κ2) is 11.7. The number of benzene rings is 2. The second-order valence-electron chi connectivity index (χ2n) is 10.0. The predicted molar refractivity (Wildman–Crippen MR) is 152 cm³/mol. The Morgan fingerprint density at radius 2 is 1.77 bits per heavy atom. The Bertz CT molecular complexity index is 1540. The maximum absolute atomic E-state index is 12.5. The molecule has 0 aliphatic rings. The number of rotatable bonds is 9. The van der Waals surface area contributed by atoms with E-state index in [0.29, 0.717) is 17.1 Å². The van der Waals surface area contributed by atoms with Crippen LogP contribution in [0.5, 0.6) is 11.5 Å². The van der Waals surface area contributed by atoms with Crippen molar-refractivity contribution in [1.82, 2.24) is 9.99 Å². The Kier molecular flexibility index (Phi) is 8.29. The molecule has 2 aromatic heterocycles. The summed E-state index contributed by atoms with van der Waals surface area (Å²) in [6.45, 7) is 9.50. The maximum atomic E-state index is 12.5. The zero-order valence-electron chi connectivity index (χ0n) is 22.7. The van der Waals surface area contributed by atoms with Gasteiger partial charge in [-0.25, -0.2) is 5.43 Å². The number of nitrogens with one attached hydrogen (secondary N) is 1. The molecule has 1 N–H and O–H groups in total. The molecular formula is C29H29ClN4O6. The SMILES string of the molecule is Cc1ccc(C)n1-c1ccc(OCc2ccc(C(=O)N/N=C/c3cc(Cl)c(OC(C)(C)C)c([N+](=O)[O-])c3)o2)cc1. The minimum Gasteiger partial charge on any atom is -0.486 e. The van der Waals surface area contributed by atoms with Crippen LogP contribution in [-0.2, 0) is 6.61 Å². The van der Waals surface area contributed by atoms with Crippen LogP contribution in [0.4, 0.5) is 5.69 Å². The van der Waals surface area contributed by atoms with Gasteiger partial charge in [0.1, 0.15) is 23.7 Å². The molecule has 0 saturated carbocycles. The number of nitro benzene ring substituents is 1. The number of hydrogen-bond donors (Lipinski definition) is 1. The fourth-order valence-corrected chi connectivity index (χ4v) is 4.20. The number of carbonyl (C=O) groups excluding carboxylic acids is 1. The number of carbonyl (C=O) groups is 1. The maximum Gasteiger partial charge on any atom is 0.313 e. The fourth-order valence-electron chi connectivity index (χ4n) is 3.94. The van der Waals surface area contributed by atoms with E-state index in [4.69, 9.17) is 25.5 Å². The van der Waals surface area contributed by atoms with Gasteiger partial charge in [-0.05, 0) is 89.2 Å². The molecule has 0 aliphatic heterocycles. The number of furan rings is 1. The summed E-state index contributed by atoms with van der Waals surface area (Å²) in [5, 5.41) is 15.5. The molecule has 40 heavy (non-hydrogen) atoms. The summed E-state index contributed by atoms with van der Waals surface area (Å²) in [6, 6.07) is 17.7. The highest BCUT2D eigenvalue weighted by Gasteiger charge is 2.25. The molecule has 0 fully saturated rings. The average Bonchev–Trinajstić information content (AvgIpc) is 3.50. The van der Waals surface area contributed by atoms with Crippen LogP contribution in [0.15, 0.2) is 70.2 Å². The summed E-state index contributed by atoms with van der Waals surface area (Å²) in [5.41, 5.74) is 4.97. The normalized spacial score (nSPS) is 11.6. The monoisotopic (exact) mass is 564 g/mol. The molecule has 208 valence electrons. The lowest BCUT2D eigenvalue weighted by Crippen LogP contribution is -2.23. The Morgan fingerprint density at radius 1 is 1.10 bits per heavy atom. The largest absolute Gasteiger partial charge is 0.486 e. The van der Waals surface area contributed by atoms with Crippen LogP contribution in [0.2, 0.25) is 5.02 Å². The number of hydrogen-bond acceptors (Lipinski definition) is 7. The van der Waals surface area contributed by atoms with Crippen molar-refractivity contribution in [1.29, 1.82) is 0 Å². The number of aryl methyl sites for hydroxylation is 2. The van der Waals surface area contributed by atoms with Gasteiger partial charge in [-0.2, -0.15) is 5.10 Å². The number of nitrogens with zero attached hydrogens (tertiary/aromatic N) is 3. The highest BCUT2D eigenvalue weighted by Crippen LogP contribution is 2.38. The molecule has 4 aromatic rings. The van der Waals surface area contributed by atoms with Crippen molar-refractivity contribution in [2.24, 2.45) is 5.10 Å². The smallest absolute Gasteiger partial charge is 0.313 e. The molecule has 0 unspecified atom stereocenters. The molecular weight excluding hydrogens is 536 g/mol. The summed E-state index contributed by atoms with van der Waals surface area (Å²) in [5.74, 6) is 0.505. The Morgan fingerprint density at radius 3 is 2.40 bits per heavy atom. The number of aromatic nitrogens is 1. The minimum absolute atomic E-state index is 0.0302. The summed E-state index contributed by atoms with van der Waals surface area (Å²) in [4.78, 5) is 23.4. The van der Waals surface area contributed by atoms with E-state index in [2.05, 4.69) is 41.1 Å². The Balaban J connectivity index is 1.35. The van der Waals surface area contributed by atoms with Crippen LogP contribution >= 0.6 is 11.6 Å². The van der Waals surface area contributed by atoms with Gasteiger partial charge >= 0.3 is 11.6 Å². The van der Waals surface area contributed by atoms with Crippen molar-refractivity contribution in [3.8, 4) is 17.2 Å². The van der Waals surface area contributed by atoms with Gasteiger partial charge in [0.15, 0.2) is 5.76 Å². The van der Waals surface area contributed by atoms with Crippen LogP contribution in [0.1, 0.15) is 54.0 Å². The Labute approximate surface area is 236 Å². The molecule has 11 heteroatoms. The zero-order valence-corrected chi connectivity index (χ0v) is 23.5. The van der Waals surface area contributed by atoms with E-state index >= 15 is 0 Å². The molecule has 4 rings (SSSR count). The van der Waals surface area contributed by atoms with Gasteiger partial charge in [-0.3, -0.25) is 14.9 Å². The minimum atomic E-state index is -0.684. The van der Waals surface area contributed by atoms with E-state index in [1.807, 2.05) is 24.3 Å². The van der Waals surface area contributed by atoms with Gasteiger partial charge in [0, 0.05) is 28.7 Å². The van der Waals surface area contributed by atoms with Crippen molar-refractivity contribution < 1.29 is 23.6 Å². The molecule has 0 atom stereocenters. The van der Waals surface area contributed by atoms with Crippen LogP contribution in [0.25, 0.3) is 5.69 Å². The first kappa shape index (κ1) is 28.4. The van der Waals surface area contributed by atoms with Crippen molar-refractivity contribution >= 4 is 29.4 Å². The van der Waals surface area contributed by atoms with Crippen molar-refractivity contribution in [2.75, 3.05) is 0 Å². The summed E-state index contributed by atoms with van der Waals surface area (Å²) >= 11 is 6.24. The lowest BCUT2D eigenvalue weighted by Gasteiger charge is -2.21. The van der Waals surface area contributed by atoms with Crippen molar-refractivity contribution in [2.45, 2.75) is 46.8 Å². The summed E-state index contributed by atoms with van der Waals surface area (Å²) in [7, 11) is 0. The highest BCUT2D eigenvalue weighted by atomic mass is 35.5. The van der Waals surface area contributed by atoms with E-state index in [0.717, 1.165) is 17.1 Å². The average molecular weight is 565 g/mol. The fraction of sp³-hybridized carbons (Fsp3) is 0.241. The third kappa shape index (κ3) is 6.89. The third-order valence-corrected chi connectivity index (χ3v) is 5.94. The van der Waals surface area contributed by atoms with Gasteiger partial charge in [-0.15, -0.1) is 0 Å². The number of amides is 1. The zero-order chi connectivity index (χ0) is 29.0. The molecule has 2 aromatic carbocycles. The van der Waals surface area contributed by atoms with Crippen molar-refractivity contribution in [3.63, 3.8) is 0 Å². The van der Waals surface area contributed by atoms with Crippen molar-refractivity contribution in [3.05, 3.63) is 104 Å². The lowest BCUT2D eigenvalue weighted by molar-refractivity contribution is -0.386. The molecule has 0 spiro atoms. The first-order valence-electron chi connectivity index (χ1n) is 12.4. The number of ether oxygens (including phenoxy) is 2. The first-order valence-corrected chi connectivity index (χ1v) is 12.8. The first-order chi connectivity index (χ1) is 18.9. The van der Waals surface area contributed by atoms with E-state index < -0.39 is 16.4 Å². The summed E-state index contributed by atoms with van der Waals surface area (Å²) < 4.78 is 19.2. The van der Waals surface area contributed by atoms with Crippen LogP contribution in [0, 0.1) is 24.0 Å². The number of nitro groups is 1. The topological polar surface area (TPSA) is 121 Å². The second-order valence-corrected chi connectivity index (χ2v) is 10.4.